The highest BCUT2D eigenvalue weighted by Crippen LogP contribution is 2.31. The van der Waals surface area contributed by atoms with Gasteiger partial charge in [-0.15, -0.1) is 0 Å². The molecule has 0 bridgehead atoms. The van der Waals surface area contributed by atoms with E-state index >= 15 is 0 Å². The lowest BCUT2D eigenvalue weighted by atomic mass is 9.87. The van der Waals surface area contributed by atoms with Crippen molar-refractivity contribution in [1.82, 2.24) is 0 Å². The molecule has 0 heterocycles. The van der Waals surface area contributed by atoms with Gasteiger partial charge in [-0.05, 0) is 37.0 Å². The third-order valence-electron chi connectivity index (χ3n) is 2.48. The number of rotatable bonds is 3. The van der Waals surface area contributed by atoms with E-state index in [2.05, 4.69) is 38.2 Å². The lowest BCUT2D eigenvalue weighted by Crippen LogP contribution is -2.13. The van der Waals surface area contributed by atoms with Crippen LogP contribution < -0.4 is 10.1 Å². The summed E-state index contributed by atoms with van der Waals surface area (Å²) < 4.78 is 5.74. The zero-order chi connectivity index (χ0) is 12.3. The quantitative estimate of drug-likeness (QED) is 0.838. The van der Waals surface area contributed by atoms with Crippen molar-refractivity contribution in [2.45, 2.75) is 46.1 Å². The Hall–Kier alpha value is -1.18. The van der Waals surface area contributed by atoms with Crippen LogP contribution in [0.25, 0.3) is 0 Å². The van der Waals surface area contributed by atoms with Gasteiger partial charge in [0.2, 0.25) is 0 Å². The van der Waals surface area contributed by atoms with Crippen LogP contribution >= 0.6 is 0 Å². The Balaban J connectivity index is 3.07. The van der Waals surface area contributed by atoms with E-state index in [1.807, 2.05) is 27.0 Å². The lowest BCUT2D eigenvalue weighted by molar-refractivity contribution is 0.243. The SMILES string of the molecule is CNc1cc(C(C)(C)C)ccc1OC(C)C. The molecule has 2 nitrogen and oxygen atoms in total. The van der Waals surface area contributed by atoms with Gasteiger partial charge >= 0.3 is 0 Å². The first-order chi connectivity index (χ1) is 7.34. The number of hydrogen-bond donors (Lipinski definition) is 1. The minimum atomic E-state index is 0.169. The van der Waals surface area contributed by atoms with Gasteiger partial charge < -0.3 is 10.1 Å². The minimum Gasteiger partial charge on any atom is -0.489 e. The molecule has 1 N–H and O–H groups in total. The smallest absolute Gasteiger partial charge is 0.142 e. The van der Waals surface area contributed by atoms with E-state index in [0.717, 1.165) is 11.4 Å². The Morgan fingerprint density at radius 2 is 1.81 bits per heavy atom. The first-order valence-electron chi connectivity index (χ1n) is 5.83. The van der Waals surface area contributed by atoms with Crippen LogP contribution in [0.4, 0.5) is 5.69 Å². The summed E-state index contributed by atoms with van der Waals surface area (Å²) in [5, 5.41) is 3.19. The van der Waals surface area contributed by atoms with Gasteiger partial charge in [-0.25, -0.2) is 0 Å². The van der Waals surface area contributed by atoms with Crippen LogP contribution in [0.15, 0.2) is 18.2 Å². The summed E-state index contributed by atoms with van der Waals surface area (Å²) in [5.41, 5.74) is 2.54. The Labute approximate surface area is 99.0 Å². The zero-order valence-electron chi connectivity index (χ0n) is 11.2. The third-order valence-corrected chi connectivity index (χ3v) is 2.48. The largest absolute Gasteiger partial charge is 0.489 e. The summed E-state index contributed by atoms with van der Waals surface area (Å²) in [6.07, 6.45) is 0.201. The van der Waals surface area contributed by atoms with Crippen molar-refractivity contribution in [2.75, 3.05) is 12.4 Å². The van der Waals surface area contributed by atoms with Gasteiger partial charge in [0.15, 0.2) is 0 Å². The predicted molar refractivity (Wildman–Crippen MR) is 70.5 cm³/mol. The van der Waals surface area contributed by atoms with Crippen LogP contribution in [0.5, 0.6) is 5.75 Å². The summed E-state index contributed by atoms with van der Waals surface area (Å²) in [5.74, 6) is 0.922. The molecular weight excluding hydrogens is 198 g/mol. The second-order valence-electron chi connectivity index (χ2n) is 5.38. The first-order valence-corrected chi connectivity index (χ1v) is 5.83. The average Bonchev–Trinajstić information content (AvgIpc) is 2.15. The van der Waals surface area contributed by atoms with Gasteiger partial charge in [0.25, 0.3) is 0 Å². The summed E-state index contributed by atoms with van der Waals surface area (Å²) >= 11 is 0. The highest BCUT2D eigenvalue weighted by molar-refractivity contribution is 5.58. The maximum absolute atomic E-state index is 5.74. The molecule has 0 atom stereocenters. The van der Waals surface area contributed by atoms with E-state index < -0.39 is 0 Å². The van der Waals surface area contributed by atoms with Crippen LogP contribution in [0.3, 0.4) is 0 Å². The molecule has 1 rings (SSSR count). The molecule has 0 aliphatic carbocycles. The predicted octanol–water partition coefficient (Wildman–Crippen LogP) is 3.81. The summed E-state index contributed by atoms with van der Waals surface area (Å²) in [6.45, 7) is 10.7. The minimum absolute atomic E-state index is 0.169. The number of benzene rings is 1. The molecule has 1 aromatic carbocycles. The Morgan fingerprint density at radius 3 is 2.25 bits per heavy atom. The van der Waals surface area contributed by atoms with E-state index in [4.69, 9.17) is 4.74 Å². The Bertz CT molecular complexity index is 350. The van der Waals surface area contributed by atoms with E-state index in [9.17, 15) is 0 Å². The van der Waals surface area contributed by atoms with Crippen molar-refractivity contribution in [3.8, 4) is 5.75 Å². The number of ether oxygens (including phenoxy) is 1. The van der Waals surface area contributed by atoms with Crippen LogP contribution in [-0.4, -0.2) is 13.2 Å². The molecule has 0 aromatic heterocycles. The average molecular weight is 221 g/mol. The Morgan fingerprint density at radius 1 is 1.19 bits per heavy atom. The fourth-order valence-electron chi connectivity index (χ4n) is 1.55. The molecule has 0 saturated heterocycles. The monoisotopic (exact) mass is 221 g/mol. The van der Waals surface area contributed by atoms with Crippen LogP contribution in [0, 0.1) is 0 Å². The topological polar surface area (TPSA) is 21.3 Å². The lowest BCUT2D eigenvalue weighted by Gasteiger charge is -2.22. The van der Waals surface area contributed by atoms with Gasteiger partial charge in [0, 0.05) is 7.05 Å². The number of anilines is 1. The van der Waals surface area contributed by atoms with E-state index in [0.29, 0.717) is 0 Å². The molecule has 0 fully saturated rings. The second-order valence-corrected chi connectivity index (χ2v) is 5.38. The molecular formula is C14H23NO. The molecule has 0 unspecified atom stereocenters. The van der Waals surface area contributed by atoms with Crippen molar-refractivity contribution in [1.29, 1.82) is 0 Å². The first kappa shape index (κ1) is 12.9. The summed E-state index contributed by atoms with van der Waals surface area (Å²) in [6, 6.07) is 6.35. The molecule has 1 aromatic rings. The standard InChI is InChI=1S/C14H23NO/c1-10(2)16-13-8-7-11(14(3,4)5)9-12(13)15-6/h7-10,15H,1-6H3. The van der Waals surface area contributed by atoms with E-state index in [1.165, 1.54) is 5.56 Å². The van der Waals surface area contributed by atoms with Crippen molar-refractivity contribution in [2.24, 2.45) is 0 Å². The molecule has 16 heavy (non-hydrogen) atoms. The summed E-state index contributed by atoms with van der Waals surface area (Å²) in [7, 11) is 1.93. The fraction of sp³-hybridized carbons (Fsp3) is 0.571. The van der Waals surface area contributed by atoms with Gasteiger partial charge in [-0.2, -0.15) is 0 Å². The van der Waals surface area contributed by atoms with Gasteiger partial charge in [-0.1, -0.05) is 26.8 Å². The van der Waals surface area contributed by atoms with Gasteiger partial charge in [0.05, 0.1) is 11.8 Å². The Kier molecular flexibility index (Phi) is 3.84. The number of nitrogens with one attached hydrogen (secondary N) is 1. The number of hydrogen-bond acceptors (Lipinski definition) is 2. The maximum atomic E-state index is 5.74. The highest BCUT2D eigenvalue weighted by Gasteiger charge is 2.15. The molecule has 0 saturated carbocycles. The zero-order valence-corrected chi connectivity index (χ0v) is 11.2. The van der Waals surface area contributed by atoms with Gasteiger partial charge in [-0.3, -0.25) is 0 Å². The molecule has 2 heteroatoms. The maximum Gasteiger partial charge on any atom is 0.142 e. The molecule has 0 spiro atoms. The van der Waals surface area contributed by atoms with Crippen molar-refractivity contribution in [3.63, 3.8) is 0 Å². The van der Waals surface area contributed by atoms with Crippen LogP contribution in [0.2, 0.25) is 0 Å². The van der Waals surface area contributed by atoms with Crippen LogP contribution in [-0.2, 0) is 5.41 Å². The highest BCUT2D eigenvalue weighted by atomic mass is 16.5. The molecule has 0 aliphatic heterocycles. The normalized spacial score (nSPS) is 11.7. The fourth-order valence-corrected chi connectivity index (χ4v) is 1.55. The molecule has 0 amide bonds. The third kappa shape index (κ3) is 3.16. The van der Waals surface area contributed by atoms with E-state index in [-0.39, 0.29) is 11.5 Å². The van der Waals surface area contributed by atoms with Crippen molar-refractivity contribution in [3.05, 3.63) is 23.8 Å². The van der Waals surface area contributed by atoms with Crippen LogP contribution in [0.1, 0.15) is 40.2 Å². The molecule has 0 aliphatic rings. The molecule has 0 radical (unpaired) electrons. The molecule has 90 valence electrons. The summed E-state index contributed by atoms with van der Waals surface area (Å²) in [4.78, 5) is 0. The van der Waals surface area contributed by atoms with Crippen molar-refractivity contribution >= 4 is 5.69 Å². The second kappa shape index (κ2) is 4.77. The van der Waals surface area contributed by atoms with E-state index in [1.54, 1.807) is 0 Å². The van der Waals surface area contributed by atoms with Crippen molar-refractivity contribution < 1.29 is 4.74 Å². The van der Waals surface area contributed by atoms with Gasteiger partial charge in [0.1, 0.15) is 5.75 Å².